The van der Waals surface area contributed by atoms with Gasteiger partial charge in [-0.2, -0.15) is 0 Å². The molecule has 0 aliphatic rings. The molecule has 0 unspecified atom stereocenters. The summed E-state index contributed by atoms with van der Waals surface area (Å²) in [5.41, 5.74) is 1.80. The molecular formula is C17H21N3O3S. The highest BCUT2D eigenvalue weighted by molar-refractivity contribution is 7.97. The van der Waals surface area contributed by atoms with Crippen LogP contribution < -0.4 is 14.9 Å². The van der Waals surface area contributed by atoms with E-state index in [2.05, 4.69) is 23.9 Å². The molecule has 0 atom stereocenters. The molecular weight excluding hydrogens is 326 g/mol. The van der Waals surface area contributed by atoms with Crippen molar-refractivity contribution in [1.29, 1.82) is 0 Å². The summed E-state index contributed by atoms with van der Waals surface area (Å²) in [6, 6.07) is 16.9. The van der Waals surface area contributed by atoms with Crippen LogP contribution in [0.2, 0.25) is 0 Å². The minimum absolute atomic E-state index is 0.00132. The molecule has 1 amide bonds. The van der Waals surface area contributed by atoms with Gasteiger partial charge >= 0.3 is 0 Å². The number of carbonyl (C=O) groups excluding carboxylic acids is 1. The molecule has 6 nitrogen and oxygen atoms in total. The van der Waals surface area contributed by atoms with E-state index in [1.807, 2.05) is 54.6 Å². The smallest absolute Gasteiger partial charge is 0.257 e. The first kappa shape index (κ1) is 19.7. The maximum Gasteiger partial charge on any atom is 0.257 e. The van der Waals surface area contributed by atoms with Gasteiger partial charge < -0.3 is 4.74 Å². The summed E-state index contributed by atoms with van der Waals surface area (Å²) in [7, 11) is 0. The van der Waals surface area contributed by atoms with Gasteiger partial charge in [0.2, 0.25) is 0 Å². The van der Waals surface area contributed by atoms with E-state index in [0.29, 0.717) is 0 Å². The highest BCUT2D eigenvalue weighted by atomic mass is 32.2. The number of para-hydroxylation sites is 1. The molecule has 0 aliphatic heterocycles. The predicted molar refractivity (Wildman–Crippen MR) is 96.7 cm³/mol. The zero-order valence-electron chi connectivity index (χ0n) is 13.7. The minimum atomic E-state index is -0.485. The Hall–Kier alpha value is -2.38. The third kappa shape index (κ3) is 8.30. The molecule has 0 bridgehead atoms. The summed E-state index contributed by atoms with van der Waals surface area (Å²) in [6.07, 6.45) is 1.25. The highest BCUT2D eigenvalue weighted by Gasteiger charge is 2.01. The first-order chi connectivity index (χ1) is 11.7. The summed E-state index contributed by atoms with van der Waals surface area (Å²) >= 11 is 1.28. The molecule has 0 heterocycles. The van der Waals surface area contributed by atoms with Crippen LogP contribution in [-0.4, -0.2) is 12.5 Å². The second-order valence-electron chi connectivity index (χ2n) is 4.64. The fourth-order valence-corrected chi connectivity index (χ4v) is 2.12. The van der Waals surface area contributed by atoms with Gasteiger partial charge in [0, 0.05) is 4.90 Å². The minimum Gasteiger partial charge on any atom is -0.457 e. The Kier molecular flexibility index (Phi) is 9.91. The Balaban J connectivity index is 0.000000891. The van der Waals surface area contributed by atoms with Crippen molar-refractivity contribution in [2.45, 2.75) is 25.2 Å². The largest absolute Gasteiger partial charge is 0.457 e. The van der Waals surface area contributed by atoms with Crippen LogP contribution in [0.4, 0.5) is 0 Å². The Morgan fingerprint density at radius 1 is 1.04 bits per heavy atom. The molecule has 0 aliphatic carbocycles. The topological polar surface area (TPSA) is 79.8 Å². The predicted octanol–water partition coefficient (Wildman–Crippen LogP) is 4.29. The number of benzene rings is 2. The van der Waals surface area contributed by atoms with Gasteiger partial charge in [-0.05, 0) is 48.3 Å². The Bertz CT molecular complexity index is 606. The average Bonchev–Trinajstić information content (AvgIpc) is 2.58. The van der Waals surface area contributed by atoms with E-state index in [0.717, 1.165) is 16.4 Å². The first-order valence-electron chi connectivity index (χ1n) is 7.53. The molecule has 2 rings (SSSR count). The lowest BCUT2D eigenvalue weighted by Gasteiger charge is -2.06. The highest BCUT2D eigenvalue weighted by Crippen LogP contribution is 2.23. The van der Waals surface area contributed by atoms with Gasteiger partial charge in [0.1, 0.15) is 11.5 Å². The number of carbonyl (C=O) groups is 1. The van der Waals surface area contributed by atoms with E-state index >= 15 is 0 Å². The standard InChI is InChI=1S/C14H13N3O3S.C3H8/c18-14(16-17-19)10-15-21-13-8-6-12(7-9-13)20-11-4-2-1-3-5-11;1-3-2/h1-9,15H,10H2,(H,16,18,19);3H2,1-2H3. The van der Waals surface area contributed by atoms with Crippen molar-refractivity contribution < 1.29 is 9.53 Å². The third-order valence-electron chi connectivity index (χ3n) is 2.40. The molecule has 24 heavy (non-hydrogen) atoms. The number of hydrogen-bond acceptors (Lipinski definition) is 6. The van der Waals surface area contributed by atoms with E-state index in [4.69, 9.17) is 4.74 Å². The molecule has 128 valence electrons. The lowest BCUT2D eigenvalue weighted by molar-refractivity contribution is -0.119. The molecule has 2 aromatic rings. The Morgan fingerprint density at radius 3 is 2.21 bits per heavy atom. The molecule has 0 radical (unpaired) electrons. The normalized spacial score (nSPS) is 9.42. The SMILES string of the molecule is CCC.O=NNC(=O)CNSc1ccc(Oc2ccccc2)cc1. The summed E-state index contributed by atoms with van der Waals surface area (Å²) < 4.78 is 8.49. The Labute approximate surface area is 146 Å². The number of nitrogens with zero attached hydrogens (tertiary/aromatic N) is 1. The monoisotopic (exact) mass is 347 g/mol. The zero-order chi connectivity index (χ0) is 17.6. The van der Waals surface area contributed by atoms with Crippen LogP contribution in [0.1, 0.15) is 20.3 Å². The third-order valence-corrected chi connectivity index (χ3v) is 3.19. The van der Waals surface area contributed by atoms with Crippen molar-refractivity contribution in [2.75, 3.05) is 6.54 Å². The van der Waals surface area contributed by atoms with Crippen LogP contribution in [-0.2, 0) is 4.79 Å². The van der Waals surface area contributed by atoms with Crippen LogP contribution in [0.25, 0.3) is 0 Å². The van der Waals surface area contributed by atoms with Crippen molar-refractivity contribution in [3.8, 4) is 11.5 Å². The molecule has 0 spiro atoms. The van der Waals surface area contributed by atoms with E-state index < -0.39 is 5.91 Å². The number of nitrogens with one attached hydrogen (secondary N) is 2. The van der Waals surface area contributed by atoms with Crippen molar-refractivity contribution in [2.24, 2.45) is 5.29 Å². The lowest BCUT2D eigenvalue weighted by Crippen LogP contribution is -2.26. The fourth-order valence-electron chi connectivity index (χ4n) is 1.48. The van der Waals surface area contributed by atoms with Gasteiger partial charge in [-0.1, -0.05) is 38.5 Å². The Morgan fingerprint density at radius 2 is 1.62 bits per heavy atom. The molecule has 0 fully saturated rings. The molecule has 0 aromatic heterocycles. The van der Waals surface area contributed by atoms with Gasteiger partial charge in [-0.15, -0.1) is 4.91 Å². The number of ether oxygens (including phenoxy) is 1. The fraction of sp³-hybridized carbons (Fsp3) is 0.235. The van der Waals surface area contributed by atoms with Gasteiger partial charge in [-0.3, -0.25) is 9.52 Å². The summed E-state index contributed by atoms with van der Waals surface area (Å²) in [5, 5.41) is 2.30. The number of rotatable bonds is 7. The molecule has 0 saturated carbocycles. The van der Waals surface area contributed by atoms with Crippen molar-refractivity contribution >= 4 is 17.9 Å². The van der Waals surface area contributed by atoms with Crippen LogP contribution in [0.3, 0.4) is 0 Å². The van der Waals surface area contributed by atoms with Gasteiger partial charge in [-0.25, -0.2) is 5.43 Å². The molecule has 2 N–H and O–H groups in total. The van der Waals surface area contributed by atoms with Crippen molar-refractivity contribution in [3.63, 3.8) is 0 Å². The van der Waals surface area contributed by atoms with Crippen LogP contribution >= 0.6 is 11.9 Å². The second-order valence-corrected chi connectivity index (χ2v) is 5.61. The van der Waals surface area contributed by atoms with E-state index in [1.165, 1.54) is 18.4 Å². The number of nitroso groups, excluding NO2 is 1. The van der Waals surface area contributed by atoms with Gasteiger partial charge in [0.15, 0.2) is 0 Å². The van der Waals surface area contributed by atoms with Gasteiger partial charge in [0.25, 0.3) is 5.91 Å². The second kappa shape index (κ2) is 12.1. The molecule has 0 saturated heterocycles. The maximum atomic E-state index is 11.0. The van der Waals surface area contributed by atoms with Gasteiger partial charge in [0.05, 0.1) is 11.8 Å². The number of hydrogen-bond donors (Lipinski definition) is 2. The zero-order valence-corrected chi connectivity index (χ0v) is 14.5. The number of amides is 1. The maximum absolute atomic E-state index is 11.0. The summed E-state index contributed by atoms with van der Waals surface area (Å²) in [6.45, 7) is 4.25. The van der Waals surface area contributed by atoms with E-state index in [1.54, 1.807) is 5.43 Å². The van der Waals surface area contributed by atoms with Crippen molar-refractivity contribution in [3.05, 3.63) is 59.5 Å². The van der Waals surface area contributed by atoms with Crippen molar-refractivity contribution in [1.82, 2.24) is 10.1 Å². The summed E-state index contributed by atoms with van der Waals surface area (Å²) in [5.74, 6) is 1.02. The average molecular weight is 347 g/mol. The van der Waals surface area contributed by atoms with Crippen LogP contribution in [0.5, 0.6) is 11.5 Å². The quantitative estimate of drug-likeness (QED) is 0.444. The van der Waals surface area contributed by atoms with Crippen LogP contribution in [0, 0.1) is 4.91 Å². The van der Waals surface area contributed by atoms with E-state index in [-0.39, 0.29) is 6.54 Å². The van der Waals surface area contributed by atoms with Crippen LogP contribution in [0.15, 0.2) is 64.8 Å². The van der Waals surface area contributed by atoms with E-state index in [9.17, 15) is 9.70 Å². The lowest BCUT2D eigenvalue weighted by atomic mass is 10.3. The first-order valence-corrected chi connectivity index (χ1v) is 8.35. The molecule has 2 aromatic carbocycles. The summed E-state index contributed by atoms with van der Waals surface area (Å²) in [4.78, 5) is 21.7. The molecule has 7 heteroatoms.